The normalized spacial score (nSPS) is 17.7. The summed E-state index contributed by atoms with van der Waals surface area (Å²) in [4.78, 5) is 15.7. The van der Waals surface area contributed by atoms with Crippen LogP contribution in [0.3, 0.4) is 0 Å². The molecule has 1 atom stereocenters. The van der Waals surface area contributed by atoms with Crippen molar-refractivity contribution in [3.05, 3.63) is 77.3 Å². The number of halogens is 1. The van der Waals surface area contributed by atoms with Crippen molar-refractivity contribution in [2.24, 2.45) is 13.0 Å². The average molecular weight is 548 g/mol. The van der Waals surface area contributed by atoms with Crippen molar-refractivity contribution < 1.29 is 8.81 Å². The number of hydrogen-bond acceptors (Lipinski definition) is 6. The molecule has 0 N–H and O–H groups in total. The van der Waals surface area contributed by atoms with Gasteiger partial charge in [0.15, 0.2) is 22.9 Å². The zero-order valence-electron chi connectivity index (χ0n) is 23.1. The third-order valence-electron chi connectivity index (χ3n) is 8.11. The van der Waals surface area contributed by atoms with E-state index in [0.29, 0.717) is 47.0 Å². The van der Waals surface area contributed by atoms with Crippen LogP contribution in [-0.4, -0.2) is 42.7 Å². The summed E-state index contributed by atoms with van der Waals surface area (Å²) in [6, 6.07) is 13.1. The van der Waals surface area contributed by atoms with Gasteiger partial charge in [-0.25, -0.2) is 19.2 Å². The van der Waals surface area contributed by atoms with Gasteiger partial charge in [0.2, 0.25) is 5.89 Å². The van der Waals surface area contributed by atoms with Crippen molar-refractivity contribution >= 4 is 16.8 Å². The SMILES string of the molecule is [C-]#[N+]c1ccc(-c2cc(-c3nc4cc(CN5CCC[C@H](C)C5)cc(F)c4o3)nc(C3CC3)c2)c(-c2nncn2C)c1. The summed E-state index contributed by atoms with van der Waals surface area (Å²) >= 11 is 0. The molecule has 206 valence electrons. The van der Waals surface area contributed by atoms with E-state index >= 15 is 4.39 Å². The quantitative estimate of drug-likeness (QED) is 0.210. The summed E-state index contributed by atoms with van der Waals surface area (Å²) in [5.74, 6) is 1.58. The second kappa shape index (κ2) is 10.2. The van der Waals surface area contributed by atoms with E-state index in [4.69, 9.17) is 21.0 Å². The number of fused-ring (bicyclic) bond motifs is 1. The van der Waals surface area contributed by atoms with Gasteiger partial charge in [-0.1, -0.05) is 19.1 Å². The Bertz CT molecular complexity index is 1810. The van der Waals surface area contributed by atoms with Gasteiger partial charge in [0.05, 0.1) is 6.57 Å². The second-order valence-corrected chi connectivity index (χ2v) is 11.5. The van der Waals surface area contributed by atoms with Crippen molar-refractivity contribution in [2.45, 2.75) is 45.1 Å². The third-order valence-corrected chi connectivity index (χ3v) is 8.11. The molecule has 2 fully saturated rings. The first-order valence-corrected chi connectivity index (χ1v) is 14.1. The molecule has 5 aromatic rings. The minimum absolute atomic E-state index is 0.150. The monoisotopic (exact) mass is 547 g/mol. The number of pyridine rings is 1. The Morgan fingerprint density at radius 2 is 1.95 bits per heavy atom. The molecule has 1 saturated carbocycles. The maximum absolute atomic E-state index is 15.3. The fourth-order valence-electron chi connectivity index (χ4n) is 5.91. The van der Waals surface area contributed by atoms with Gasteiger partial charge in [-0.3, -0.25) is 4.90 Å². The Labute approximate surface area is 237 Å². The van der Waals surface area contributed by atoms with Crippen LogP contribution in [0.5, 0.6) is 0 Å². The minimum atomic E-state index is -0.404. The molecule has 0 bridgehead atoms. The van der Waals surface area contributed by atoms with Crippen LogP contribution in [0, 0.1) is 18.3 Å². The number of nitrogens with zero attached hydrogens (tertiary/aromatic N) is 7. The van der Waals surface area contributed by atoms with Gasteiger partial charge in [0.25, 0.3) is 0 Å². The predicted octanol–water partition coefficient (Wildman–Crippen LogP) is 7.15. The van der Waals surface area contributed by atoms with E-state index in [1.807, 2.05) is 35.9 Å². The van der Waals surface area contributed by atoms with Gasteiger partial charge in [-0.2, -0.15) is 0 Å². The van der Waals surface area contributed by atoms with E-state index in [1.165, 1.54) is 12.8 Å². The standard InChI is InChI=1S/C32H30FN7O/c1-19-5-4-10-40(16-19)17-20-11-26(33)30-28(12-20)37-32(41-30)29-14-22(13-27(36-29)21-6-7-21)24-9-8-23(34-2)15-25(24)31-38-35-18-39(31)3/h8-9,11-15,18-19,21H,4-7,10,16-17H2,1,3H3/t19-/m0/s1. The Hall–Kier alpha value is -4.42. The van der Waals surface area contributed by atoms with E-state index in [9.17, 15) is 0 Å². The van der Waals surface area contributed by atoms with Gasteiger partial charge in [0, 0.05) is 37.3 Å². The Morgan fingerprint density at radius 1 is 1.07 bits per heavy atom. The van der Waals surface area contributed by atoms with Crippen LogP contribution in [0.4, 0.5) is 10.1 Å². The molecule has 9 heteroatoms. The number of aryl methyl sites for hydroxylation is 1. The molecular formula is C32H30FN7O. The first kappa shape index (κ1) is 25.5. The molecule has 1 aliphatic heterocycles. The molecule has 8 nitrogen and oxygen atoms in total. The Morgan fingerprint density at radius 3 is 2.71 bits per heavy atom. The summed E-state index contributed by atoms with van der Waals surface area (Å²) < 4.78 is 23.1. The molecule has 0 radical (unpaired) electrons. The van der Waals surface area contributed by atoms with Crippen LogP contribution in [0.2, 0.25) is 0 Å². The van der Waals surface area contributed by atoms with Crippen molar-refractivity contribution in [1.82, 2.24) is 29.6 Å². The molecule has 41 heavy (non-hydrogen) atoms. The molecule has 7 rings (SSSR count). The minimum Gasteiger partial charge on any atom is -0.432 e. The zero-order chi connectivity index (χ0) is 28.1. The smallest absolute Gasteiger partial charge is 0.246 e. The molecular weight excluding hydrogens is 517 g/mol. The fourth-order valence-corrected chi connectivity index (χ4v) is 5.91. The van der Waals surface area contributed by atoms with E-state index in [0.717, 1.165) is 53.9 Å². The summed E-state index contributed by atoms with van der Waals surface area (Å²) in [7, 11) is 1.88. The van der Waals surface area contributed by atoms with E-state index in [-0.39, 0.29) is 5.58 Å². The molecule has 2 aromatic carbocycles. The van der Waals surface area contributed by atoms with Gasteiger partial charge < -0.3 is 8.98 Å². The van der Waals surface area contributed by atoms with Crippen LogP contribution < -0.4 is 0 Å². The van der Waals surface area contributed by atoms with Crippen LogP contribution >= 0.6 is 0 Å². The summed E-state index contributed by atoms with van der Waals surface area (Å²) in [5, 5.41) is 8.36. The molecule has 1 aliphatic carbocycles. The highest BCUT2D eigenvalue weighted by atomic mass is 19.1. The maximum atomic E-state index is 15.3. The zero-order valence-corrected chi connectivity index (χ0v) is 23.1. The van der Waals surface area contributed by atoms with E-state index in [1.54, 1.807) is 18.5 Å². The highest BCUT2D eigenvalue weighted by molar-refractivity contribution is 5.85. The third kappa shape index (κ3) is 5.00. The van der Waals surface area contributed by atoms with Crippen LogP contribution in [0.1, 0.15) is 49.8 Å². The number of oxazole rings is 1. The van der Waals surface area contributed by atoms with Gasteiger partial charge in [-0.15, -0.1) is 10.2 Å². The van der Waals surface area contributed by atoms with Gasteiger partial charge >= 0.3 is 0 Å². The summed E-state index contributed by atoms with van der Waals surface area (Å²) in [6.45, 7) is 12.5. The molecule has 0 amide bonds. The number of rotatable bonds is 6. The van der Waals surface area contributed by atoms with Gasteiger partial charge in [0.1, 0.15) is 17.5 Å². The van der Waals surface area contributed by atoms with Crippen LogP contribution in [0.25, 0.3) is 50.0 Å². The number of aromatic nitrogens is 5. The highest BCUT2D eigenvalue weighted by Gasteiger charge is 2.28. The first-order chi connectivity index (χ1) is 19.9. The number of likely N-dealkylation sites (tertiary alicyclic amines) is 1. The molecule has 4 heterocycles. The van der Waals surface area contributed by atoms with Crippen molar-refractivity contribution in [2.75, 3.05) is 13.1 Å². The molecule has 0 spiro atoms. The highest BCUT2D eigenvalue weighted by Crippen LogP contribution is 2.43. The molecule has 0 unspecified atom stereocenters. The van der Waals surface area contributed by atoms with Crippen molar-refractivity contribution in [1.29, 1.82) is 0 Å². The van der Waals surface area contributed by atoms with E-state index in [2.05, 4.69) is 32.9 Å². The van der Waals surface area contributed by atoms with Crippen molar-refractivity contribution in [3.63, 3.8) is 0 Å². The van der Waals surface area contributed by atoms with Gasteiger partial charge in [-0.05, 0) is 85.2 Å². The average Bonchev–Trinajstić information content (AvgIpc) is 3.59. The lowest BCUT2D eigenvalue weighted by molar-refractivity contribution is 0.176. The number of benzene rings is 2. The first-order valence-electron chi connectivity index (χ1n) is 14.1. The van der Waals surface area contributed by atoms with E-state index < -0.39 is 5.82 Å². The molecule has 3 aromatic heterocycles. The fraction of sp³-hybridized carbons (Fsp3) is 0.344. The molecule has 1 saturated heterocycles. The Balaban J connectivity index is 1.31. The lowest BCUT2D eigenvalue weighted by atomic mass is 9.97. The largest absolute Gasteiger partial charge is 0.432 e. The number of hydrogen-bond donors (Lipinski definition) is 0. The van der Waals surface area contributed by atoms with Crippen LogP contribution in [0.15, 0.2) is 53.2 Å². The summed E-state index contributed by atoms with van der Waals surface area (Å²) in [6.07, 6.45) is 6.20. The van der Waals surface area contributed by atoms with Crippen LogP contribution in [-0.2, 0) is 13.6 Å². The maximum Gasteiger partial charge on any atom is 0.246 e. The second-order valence-electron chi connectivity index (χ2n) is 11.5. The molecule has 2 aliphatic rings. The Kier molecular flexibility index (Phi) is 6.36. The van der Waals surface area contributed by atoms with Crippen molar-refractivity contribution in [3.8, 4) is 34.1 Å². The number of piperidine rings is 1. The topological polar surface area (TPSA) is 77.2 Å². The predicted molar refractivity (Wildman–Crippen MR) is 155 cm³/mol. The lowest BCUT2D eigenvalue weighted by Gasteiger charge is -2.30. The summed E-state index contributed by atoms with van der Waals surface area (Å²) in [5.41, 5.74) is 6.21. The lowest BCUT2D eigenvalue weighted by Crippen LogP contribution is -2.33.